The Morgan fingerprint density at radius 2 is 1.95 bits per heavy atom. The standard InChI is InChI=1S/C12H9F3N2O3/c13-12(14,15)7-20-11(19)9(6-16)10(18)17-8-4-2-1-3-5-8/h1-5,19H,7H2,(H,17,18)/b11-9+. The van der Waals surface area contributed by atoms with Crippen molar-refractivity contribution in [2.24, 2.45) is 0 Å². The molecule has 20 heavy (non-hydrogen) atoms. The Kier molecular flexibility index (Phi) is 4.97. The number of para-hydroxylation sites is 1. The predicted octanol–water partition coefficient (Wildman–Crippen LogP) is 2.50. The lowest BCUT2D eigenvalue weighted by Gasteiger charge is -2.09. The number of halogens is 3. The number of amides is 1. The molecule has 1 rings (SSSR count). The van der Waals surface area contributed by atoms with Crippen LogP contribution in [0, 0.1) is 11.3 Å². The molecule has 0 radical (unpaired) electrons. The van der Waals surface area contributed by atoms with E-state index in [1.54, 1.807) is 18.2 Å². The largest absolute Gasteiger partial charge is 0.480 e. The van der Waals surface area contributed by atoms with Crippen molar-refractivity contribution < 1.29 is 27.8 Å². The fourth-order valence-corrected chi connectivity index (χ4v) is 1.13. The van der Waals surface area contributed by atoms with E-state index in [0.29, 0.717) is 5.69 Å². The molecule has 0 bridgehead atoms. The van der Waals surface area contributed by atoms with E-state index in [2.05, 4.69) is 10.1 Å². The van der Waals surface area contributed by atoms with Crippen molar-refractivity contribution in [3.8, 4) is 6.07 Å². The van der Waals surface area contributed by atoms with Crippen molar-refractivity contribution in [3.05, 3.63) is 41.9 Å². The van der Waals surface area contributed by atoms with Gasteiger partial charge in [-0.25, -0.2) is 0 Å². The zero-order valence-electron chi connectivity index (χ0n) is 9.94. The van der Waals surface area contributed by atoms with Gasteiger partial charge in [0, 0.05) is 5.69 Å². The summed E-state index contributed by atoms with van der Waals surface area (Å²) in [5.74, 6) is -2.45. The third kappa shape index (κ3) is 4.89. The summed E-state index contributed by atoms with van der Waals surface area (Å²) in [4.78, 5) is 11.6. The van der Waals surface area contributed by atoms with E-state index in [1.807, 2.05) is 0 Å². The molecule has 0 aliphatic heterocycles. The van der Waals surface area contributed by atoms with Gasteiger partial charge in [-0.05, 0) is 12.1 Å². The van der Waals surface area contributed by atoms with Crippen LogP contribution in [0.3, 0.4) is 0 Å². The Morgan fingerprint density at radius 1 is 1.35 bits per heavy atom. The number of hydrogen-bond donors (Lipinski definition) is 2. The van der Waals surface area contributed by atoms with Crippen LogP contribution < -0.4 is 5.32 Å². The molecule has 5 nitrogen and oxygen atoms in total. The third-order valence-electron chi connectivity index (χ3n) is 1.96. The minimum absolute atomic E-state index is 0.314. The number of nitrogens with one attached hydrogen (secondary N) is 1. The summed E-state index contributed by atoms with van der Waals surface area (Å²) in [5, 5.41) is 20.1. The molecular formula is C12H9F3N2O3. The Bertz CT molecular complexity index is 547. The molecule has 0 saturated carbocycles. The first-order valence-corrected chi connectivity index (χ1v) is 5.23. The molecule has 1 amide bonds. The first-order valence-electron chi connectivity index (χ1n) is 5.23. The fourth-order valence-electron chi connectivity index (χ4n) is 1.13. The van der Waals surface area contributed by atoms with E-state index >= 15 is 0 Å². The van der Waals surface area contributed by atoms with Crippen LogP contribution in [0.25, 0.3) is 0 Å². The summed E-state index contributed by atoms with van der Waals surface area (Å²) in [6, 6.07) is 9.17. The van der Waals surface area contributed by atoms with E-state index < -0.39 is 30.2 Å². The number of rotatable bonds is 4. The summed E-state index contributed by atoms with van der Waals surface area (Å²) in [7, 11) is 0. The predicted molar refractivity (Wildman–Crippen MR) is 62.3 cm³/mol. The third-order valence-corrected chi connectivity index (χ3v) is 1.96. The molecule has 8 heteroatoms. The van der Waals surface area contributed by atoms with E-state index in [9.17, 15) is 23.1 Å². The maximum Gasteiger partial charge on any atom is 0.422 e. The first-order chi connectivity index (χ1) is 9.33. The zero-order chi connectivity index (χ0) is 15.2. The lowest BCUT2D eigenvalue weighted by atomic mass is 10.2. The van der Waals surface area contributed by atoms with Crippen LogP contribution in [0.4, 0.5) is 18.9 Å². The molecule has 0 saturated heterocycles. The van der Waals surface area contributed by atoms with Gasteiger partial charge >= 0.3 is 12.1 Å². The lowest BCUT2D eigenvalue weighted by molar-refractivity contribution is -0.173. The highest BCUT2D eigenvalue weighted by molar-refractivity contribution is 6.06. The summed E-state index contributed by atoms with van der Waals surface area (Å²) >= 11 is 0. The van der Waals surface area contributed by atoms with Gasteiger partial charge in [0.05, 0.1) is 0 Å². The van der Waals surface area contributed by atoms with Gasteiger partial charge in [0.1, 0.15) is 6.07 Å². The van der Waals surface area contributed by atoms with Crippen LogP contribution >= 0.6 is 0 Å². The van der Waals surface area contributed by atoms with E-state index in [-0.39, 0.29) is 0 Å². The molecule has 106 valence electrons. The number of carbonyl (C=O) groups excluding carboxylic acids is 1. The molecule has 0 fully saturated rings. The topological polar surface area (TPSA) is 82.4 Å². The molecule has 1 aromatic rings. The van der Waals surface area contributed by atoms with Gasteiger partial charge in [-0.15, -0.1) is 0 Å². The van der Waals surface area contributed by atoms with Crippen molar-refractivity contribution >= 4 is 11.6 Å². The highest BCUT2D eigenvalue weighted by atomic mass is 19.4. The number of anilines is 1. The zero-order valence-corrected chi connectivity index (χ0v) is 9.94. The molecule has 0 unspecified atom stereocenters. The second kappa shape index (κ2) is 6.47. The van der Waals surface area contributed by atoms with Gasteiger partial charge < -0.3 is 15.2 Å². The molecular weight excluding hydrogens is 277 g/mol. The highest BCUT2D eigenvalue weighted by Crippen LogP contribution is 2.17. The molecule has 0 spiro atoms. The minimum atomic E-state index is -4.69. The number of ether oxygens (including phenoxy) is 1. The normalized spacial score (nSPS) is 12.1. The minimum Gasteiger partial charge on any atom is -0.480 e. The molecule has 0 heterocycles. The SMILES string of the molecule is N#C/C(C(=O)Nc1ccccc1)=C(/O)OCC(F)(F)F. The van der Waals surface area contributed by atoms with Gasteiger partial charge in [-0.2, -0.15) is 18.4 Å². The van der Waals surface area contributed by atoms with Crippen LogP contribution in [0.1, 0.15) is 0 Å². The lowest BCUT2D eigenvalue weighted by Crippen LogP contribution is -2.20. The van der Waals surface area contributed by atoms with E-state index in [4.69, 9.17) is 5.26 Å². The molecule has 0 aromatic heterocycles. The fraction of sp³-hybridized carbons (Fsp3) is 0.167. The van der Waals surface area contributed by atoms with Crippen LogP contribution in [0.15, 0.2) is 41.9 Å². The molecule has 0 atom stereocenters. The average Bonchev–Trinajstić information content (AvgIpc) is 2.37. The summed E-state index contributed by atoms with van der Waals surface area (Å²) in [6.07, 6.45) is -4.69. The maximum absolute atomic E-state index is 11.9. The van der Waals surface area contributed by atoms with E-state index in [0.717, 1.165) is 0 Å². The van der Waals surface area contributed by atoms with Crippen molar-refractivity contribution in [3.63, 3.8) is 0 Å². The number of benzene rings is 1. The van der Waals surface area contributed by atoms with Crippen molar-refractivity contribution in [2.45, 2.75) is 6.18 Å². The van der Waals surface area contributed by atoms with Crippen LogP contribution in [-0.2, 0) is 9.53 Å². The average molecular weight is 286 g/mol. The number of nitrogens with zero attached hydrogens (tertiary/aromatic N) is 1. The Morgan fingerprint density at radius 3 is 2.45 bits per heavy atom. The molecule has 1 aromatic carbocycles. The summed E-state index contributed by atoms with van der Waals surface area (Å²) in [6.45, 7) is -1.80. The monoisotopic (exact) mass is 286 g/mol. The van der Waals surface area contributed by atoms with Gasteiger partial charge in [-0.1, -0.05) is 18.2 Å². The van der Waals surface area contributed by atoms with Crippen LogP contribution in [-0.4, -0.2) is 23.8 Å². The van der Waals surface area contributed by atoms with E-state index in [1.165, 1.54) is 18.2 Å². The number of aliphatic hydroxyl groups is 1. The van der Waals surface area contributed by atoms with Gasteiger partial charge in [0.25, 0.3) is 5.91 Å². The number of carbonyl (C=O) groups is 1. The second-order valence-corrected chi connectivity index (χ2v) is 3.52. The molecule has 2 N–H and O–H groups in total. The number of nitriles is 1. The summed E-state index contributed by atoms with van der Waals surface area (Å²) in [5.41, 5.74) is -0.632. The molecule has 0 aliphatic rings. The number of alkyl halides is 3. The summed E-state index contributed by atoms with van der Waals surface area (Å²) < 4.78 is 39.6. The van der Waals surface area contributed by atoms with Crippen LogP contribution in [0.5, 0.6) is 0 Å². The quantitative estimate of drug-likeness (QED) is 0.506. The second-order valence-electron chi connectivity index (χ2n) is 3.52. The number of hydrogen-bond acceptors (Lipinski definition) is 4. The van der Waals surface area contributed by atoms with Crippen LogP contribution in [0.2, 0.25) is 0 Å². The highest BCUT2D eigenvalue weighted by Gasteiger charge is 2.30. The Labute approximate surface area is 111 Å². The van der Waals surface area contributed by atoms with Gasteiger partial charge in [0.15, 0.2) is 12.2 Å². The van der Waals surface area contributed by atoms with Crippen molar-refractivity contribution in [2.75, 3.05) is 11.9 Å². The first kappa shape index (κ1) is 15.4. The molecule has 0 aliphatic carbocycles. The van der Waals surface area contributed by atoms with Gasteiger partial charge in [0.2, 0.25) is 0 Å². The maximum atomic E-state index is 11.9. The number of aliphatic hydroxyl groups excluding tert-OH is 1. The van der Waals surface area contributed by atoms with Gasteiger partial charge in [-0.3, -0.25) is 4.79 Å². The Hall–Kier alpha value is -2.69. The smallest absolute Gasteiger partial charge is 0.422 e. The Balaban J connectivity index is 2.79. The van der Waals surface area contributed by atoms with Crippen molar-refractivity contribution in [1.82, 2.24) is 0 Å². The van der Waals surface area contributed by atoms with Crippen molar-refractivity contribution in [1.29, 1.82) is 5.26 Å².